The van der Waals surface area contributed by atoms with Crippen molar-refractivity contribution < 1.29 is 14.3 Å². The number of likely N-dealkylation sites (tertiary alicyclic amines) is 1. The summed E-state index contributed by atoms with van der Waals surface area (Å²) in [4.78, 5) is 28.3. The number of ether oxygens (including phenoxy) is 1. The Bertz CT molecular complexity index is 532. The molecule has 1 atom stereocenters. The molecule has 4 nitrogen and oxygen atoms in total. The van der Waals surface area contributed by atoms with Gasteiger partial charge in [-0.05, 0) is 36.6 Å². The summed E-state index contributed by atoms with van der Waals surface area (Å²) in [5, 5.41) is 0. The van der Waals surface area contributed by atoms with Crippen LogP contribution in [0.2, 0.25) is 0 Å². The van der Waals surface area contributed by atoms with Crippen LogP contribution in [0.15, 0.2) is 6.07 Å². The zero-order chi connectivity index (χ0) is 14.8. The van der Waals surface area contributed by atoms with Gasteiger partial charge in [-0.1, -0.05) is 0 Å². The number of thiophene rings is 1. The Morgan fingerprint density at radius 3 is 3.05 bits per heavy atom. The van der Waals surface area contributed by atoms with Crippen molar-refractivity contribution in [3.05, 3.63) is 21.4 Å². The number of aryl methyl sites for hydroxylation is 1. The third-order valence-corrected chi connectivity index (χ3v) is 6.31. The predicted molar refractivity (Wildman–Crippen MR) is 84.8 cm³/mol. The van der Waals surface area contributed by atoms with E-state index < -0.39 is 0 Å². The third kappa shape index (κ3) is 3.11. The number of amides is 1. The lowest BCUT2D eigenvalue weighted by Gasteiger charge is -2.31. The number of esters is 1. The number of carbonyl (C=O) groups is 2. The zero-order valence-corrected chi connectivity index (χ0v) is 13.7. The van der Waals surface area contributed by atoms with Gasteiger partial charge in [-0.2, -0.15) is 11.8 Å². The maximum Gasteiger partial charge on any atom is 0.310 e. The first kappa shape index (κ1) is 14.9. The molecule has 1 aromatic rings. The second kappa shape index (κ2) is 6.40. The molecule has 0 radical (unpaired) electrons. The number of piperidine rings is 1. The number of carbonyl (C=O) groups excluding carboxylic acids is 2. The Morgan fingerprint density at radius 1 is 1.43 bits per heavy atom. The van der Waals surface area contributed by atoms with Crippen LogP contribution in [-0.4, -0.2) is 42.7 Å². The minimum absolute atomic E-state index is 0.0769. The highest BCUT2D eigenvalue weighted by atomic mass is 32.2. The van der Waals surface area contributed by atoms with Gasteiger partial charge in [-0.3, -0.25) is 9.59 Å². The molecule has 1 fully saturated rings. The SMILES string of the molecule is COC(=O)C1CCCN(C(=O)c2cc3c(s2)CCSC3)C1. The molecule has 1 unspecified atom stereocenters. The molecule has 1 aromatic heterocycles. The molecule has 6 heteroatoms. The van der Waals surface area contributed by atoms with Crippen molar-refractivity contribution in [2.24, 2.45) is 5.92 Å². The summed E-state index contributed by atoms with van der Waals surface area (Å²) in [5.74, 6) is 1.87. The molecule has 114 valence electrons. The van der Waals surface area contributed by atoms with Gasteiger partial charge >= 0.3 is 5.97 Å². The van der Waals surface area contributed by atoms with Crippen LogP contribution < -0.4 is 0 Å². The smallest absolute Gasteiger partial charge is 0.310 e. The fourth-order valence-corrected chi connectivity index (χ4v) is 5.27. The largest absolute Gasteiger partial charge is 0.469 e. The average molecular weight is 325 g/mol. The van der Waals surface area contributed by atoms with Crippen molar-refractivity contribution in [2.75, 3.05) is 26.0 Å². The summed E-state index contributed by atoms with van der Waals surface area (Å²) >= 11 is 3.56. The van der Waals surface area contributed by atoms with Crippen LogP contribution in [0.5, 0.6) is 0 Å². The van der Waals surface area contributed by atoms with E-state index in [2.05, 4.69) is 6.07 Å². The number of thioether (sulfide) groups is 1. The fraction of sp³-hybridized carbons (Fsp3) is 0.600. The summed E-state index contributed by atoms with van der Waals surface area (Å²) in [5.41, 5.74) is 1.32. The van der Waals surface area contributed by atoms with E-state index >= 15 is 0 Å². The molecule has 1 amide bonds. The standard InChI is InChI=1S/C15H19NO3S2/c1-19-15(18)10-3-2-5-16(8-10)14(17)13-7-11-9-20-6-4-12(11)21-13/h7,10H,2-6,8-9H2,1H3. The number of nitrogens with zero attached hydrogens (tertiary/aromatic N) is 1. The quantitative estimate of drug-likeness (QED) is 0.784. The number of fused-ring (bicyclic) bond motifs is 1. The highest BCUT2D eigenvalue weighted by molar-refractivity contribution is 7.98. The van der Waals surface area contributed by atoms with Crippen LogP contribution in [0.1, 0.15) is 33.0 Å². The zero-order valence-electron chi connectivity index (χ0n) is 12.1. The first-order valence-electron chi connectivity index (χ1n) is 7.25. The summed E-state index contributed by atoms with van der Waals surface area (Å²) in [7, 11) is 1.41. The summed E-state index contributed by atoms with van der Waals surface area (Å²) < 4.78 is 4.81. The monoisotopic (exact) mass is 325 g/mol. The van der Waals surface area contributed by atoms with Crippen molar-refractivity contribution in [1.29, 1.82) is 0 Å². The molecule has 2 aliphatic heterocycles. The van der Waals surface area contributed by atoms with E-state index in [0.29, 0.717) is 6.54 Å². The summed E-state index contributed by atoms with van der Waals surface area (Å²) in [6, 6.07) is 2.05. The van der Waals surface area contributed by atoms with Gasteiger partial charge in [0, 0.05) is 23.7 Å². The molecule has 0 bridgehead atoms. The average Bonchev–Trinajstić information content (AvgIpc) is 2.97. The highest BCUT2D eigenvalue weighted by Gasteiger charge is 2.30. The van der Waals surface area contributed by atoms with Gasteiger partial charge in [-0.15, -0.1) is 11.3 Å². The van der Waals surface area contributed by atoms with Gasteiger partial charge < -0.3 is 9.64 Å². The maximum absolute atomic E-state index is 12.7. The molecular weight excluding hydrogens is 306 g/mol. The molecule has 1 saturated heterocycles. The first-order valence-corrected chi connectivity index (χ1v) is 9.22. The molecule has 0 aromatic carbocycles. The molecule has 3 heterocycles. The van der Waals surface area contributed by atoms with Crippen LogP contribution in [0, 0.1) is 5.92 Å². The second-order valence-corrected chi connectivity index (χ2v) is 7.72. The van der Waals surface area contributed by atoms with Crippen LogP contribution in [0.25, 0.3) is 0 Å². The second-order valence-electron chi connectivity index (χ2n) is 5.48. The van der Waals surface area contributed by atoms with Crippen LogP contribution >= 0.6 is 23.1 Å². The molecule has 0 aliphatic carbocycles. The predicted octanol–water partition coefficient (Wildman–Crippen LogP) is 2.56. The minimum Gasteiger partial charge on any atom is -0.469 e. The van der Waals surface area contributed by atoms with E-state index in [-0.39, 0.29) is 17.8 Å². The van der Waals surface area contributed by atoms with E-state index in [1.807, 2.05) is 16.7 Å². The van der Waals surface area contributed by atoms with Gasteiger partial charge in [0.25, 0.3) is 5.91 Å². The van der Waals surface area contributed by atoms with Crippen molar-refractivity contribution >= 4 is 35.0 Å². The molecule has 0 saturated carbocycles. The van der Waals surface area contributed by atoms with E-state index in [1.165, 1.54) is 17.6 Å². The van der Waals surface area contributed by atoms with E-state index in [0.717, 1.165) is 42.2 Å². The molecule has 21 heavy (non-hydrogen) atoms. The topological polar surface area (TPSA) is 46.6 Å². The molecular formula is C15H19NO3S2. The third-order valence-electron chi connectivity index (χ3n) is 4.08. The van der Waals surface area contributed by atoms with Gasteiger partial charge in [0.05, 0.1) is 17.9 Å². The Hall–Kier alpha value is -1.01. The number of hydrogen-bond acceptors (Lipinski definition) is 5. The number of rotatable bonds is 2. The normalized spacial score (nSPS) is 21.8. The van der Waals surface area contributed by atoms with E-state index in [4.69, 9.17) is 4.74 Å². The maximum atomic E-state index is 12.7. The first-order chi connectivity index (χ1) is 10.2. The lowest BCUT2D eigenvalue weighted by molar-refractivity contribution is -0.146. The molecule has 3 rings (SSSR count). The number of methoxy groups -OCH3 is 1. The molecule has 0 spiro atoms. The van der Waals surface area contributed by atoms with Gasteiger partial charge in [0.15, 0.2) is 0 Å². The van der Waals surface area contributed by atoms with E-state index in [1.54, 1.807) is 11.3 Å². The number of hydrogen-bond donors (Lipinski definition) is 0. The lowest BCUT2D eigenvalue weighted by Crippen LogP contribution is -2.42. The summed E-state index contributed by atoms with van der Waals surface area (Å²) in [6.45, 7) is 1.23. The van der Waals surface area contributed by atoms with E-state index in [9.17, 15) is 9.59 Å². The Labute approximate surface area is 132 Å². The fourth-order valence-electron chi connectivity index (χ4n) is 2.93. The summed E-state index contributed by atoms with van der Waals surface area (Å²) in [6.07, 6.45) is 2.75. The molecule has 0 N–H and O–H groups in total. The van der Waals surface area contributed by atoms with Crippen LogP contribution in [0.4, 0.5) is 0 Å². The Morgan fingerprint density at radius 2 is 2.29 bits per heavy atom. The van der Waals surface area contributed by atoms with Gasteiger partial charge in [-0.25, -0.2) is 0 Å². The van der Waals surface area contributed by atoms with Crippen molar-refractivity contribution in [2.45, 2.75) is 25.0 Å². The van der Waals surface area contributed by atoms with Crippen molar-refractivity contribution in [3.8, 4) is 0 Å². The van der Waals surface area contributed by atoms with Crippen molar-refractivity contribution in [3.63, 3.8) is 0 Å². The lowest BCUT2D eigenvalue weighted by atomic mass is 9.98. The highest BCUT2D eigenvalue weighted by Crippen LogP contribution is 2.33. The van der Waals surface area contributed by atoms with Crippen molar-refractivity contribution in [1.82, 2.24) is 4.90 Å². The van der Waals surface area contributed by atoms with Crippen LogP contribution in [-0.2, 0) is 21.7 Å². The Balaban J connectivity index is 1.72. The Kier molecular flexibility index (Phi) is 4.54. The minimum atomic E-state index is -0.200. The van der Waals surface area contributed by atoms with Crippen LogP contribution in [0.3, 0.4) is 0 Å². The van der Waals surface area contributed by atoms with Gasteiger partial charge in [0.2, 0.25) is 0 Å². The van der Waals surface area contributed by atoms with Gasteiger partial charge in [0.1, 0.15) is 0 Å². The molecule has 2 aliphatic rings.